The molecule has 0 amide bonds. The zero-order chi connectivity index (χ0) is 13.8. The molecule has 0 heterocycles. The van der Waals surface area contributed by atoms with E-state index in [4.69, 9.17) is 4.74 Å². The quantitative estimate of drug-likeness (QED) is 0.565. The maximum atomic E-state index is 10.9. The van der Waals surface area contributed by atoms with E-state index in [1.54, 1.807) is 18.2 Å². The zero-order valence-corrected chi connectivity index (χ0v) is 12.8. The normalized spacial score (nSPS) is 10.2. The molecule has 98 valence electrons. The first-order valence-electron chi connectivity index (χ1n) is 5.38. The van der Waals surface area contributed by atoms with E-state index in [2.05, 4.69) is 31.9 Å². The Bertz CT molecular complexity index is 596. The molecule has 0 aliphatic rings. The highest BCUT2D eigenvalue weighted by Gasteiger charge is 2.14. The van der Waals surface area contributed by atoms with Gasteiger partial charge in [-0.15, -0.1) is 0 Å². The first kappa shape index (κ1) is 14.0. The largest absolute Gasteiger partial charge is 0.486 e. The van der Waals surface area contributed by atoms with E-state index < -0.39 is 4.92 Å². The lowest BCUT2D eigenvalue weighted by molar-refractivity contribution is -0.385. The maximum Gasteiger partial charge on any atom is 0.276 e. The second-order valence-electron chi connectivity index (χ2n) is 3.73. The molecule has 0 saturated carbocycles. The summed E-state index contributed by atoms with van der Waals surface area (Å²) in [6.45, 7) is 0.137. The van der Waals surface area contributed by atoms with Crippen molar-refractivity contribution in [2.24, 2.45) is 0 Å². The lowest BCUT2D eigenvalue weighted by Crippen LogP contribution is -2.01. The summed E-state index contributed by atoms with van der Waals surface area (Å²) in [5, 5.41) is 10.9. The van der Waals surface area contributed by atoms with Gasteiger partial charge in [0.05, 0.1) is 19.4 Å². The molecule has 0 bridgehead atoms. The van der Waals surface area contributed by atoms with Crippen LogP contribution in [0, 0.1) is 10.1 Å². The van der Waals surface area contributed by atoms with Gasteiger partial charge in [-0.05, 0) is 50.1 Å². The number of benzene rings is 2. The van der Waals surface area contributed by atoms with Gasteiger partial charge in [-0.3, -0.25) is 10.1 Å². The molecule has 4 nitrogen and oxygen atoms in total. The van der Waals surface area contributed by atoms with Gasteiger partial charge in [-0.25, -0.2) is 0 Å². The number of nitrogens with zero attached hydrogens (tertiary/aromatic N) is 1. The summed E-state index contributed by atoms with van der Waals surface area (Å²) < 4.78 is 7.23. The van der Waals surface area contributed by atoms with E-state index in [1.807, 2.05) is 18.2 Å². The summed E-state index contributed by atoms with van der Waals surface area (Å²) >= 11 is 6.76. The van der Waals surface area contributed by atoms with Gasteiger partial charge >= 0.3 is 0 Å². The molecule has 0 spiro atoms. The van der Waals surface area contributed by atoms with E-state index in [0.717, 1.165) is 8.95 Å². The molecule has 0 fully saturated rings. The second kappa shape index (κ2) is 6.16. The highest BCUT2D eigenvalue weighted by atomic mass is 79.9. The van der Waals surface area contributed by atoms with Gasteiger partial charge < -0.3 is 4.74 Å². The minimum atomic E-state index is -0.409. The smallest absolute Gasteiger partial charge is 0.276 e. The first-order chi connectivity index (χ1) is 9.09. The average molecular weight is 387 g/mol. The Balaban J connectivity index is 2.22. The Morgan fingerprint density at radius 3 is 2.32 bits per heavy atom. The van der Waals surface area contributed by atoms with Gasteiger partial charge in [0.1, 0.15) is 12.4 Å². The lowest BCUT2D eigenvalue weighted by atomic mass is 10.2. The lowest BCUT2D eigenvalue weighted by Gasteiger charge is -2.10. The molecule has 0 aliphatic carbocycles. The van der Waals surface area contributed by atoms with E-state index in [-0.39, 0.29) is 12.3 Å². The molecular formula is C13H9Br2NO3. The molecule has 2 aromatic rings. The SMILES string of the molecule is O=[N+]([O-])c1ccccc1COc1c(Br)cccc1Br. The van der Waals surface area contributed by atoms with Gasteiger partial charge in [0.2, 0.25) is 0 Å². The third-order valence-corrected chi connectivity index (χ3v) is 3.73. The molecule has 0 radical (unpaired) electrons. The Morgan fingerprint density at radius 1 is 1.05 bits per heavy atom. The number of rotatable bonds is 4. The number of halogens is 2. The Kier molecular flexibility index (Phi) is 4.55. The van der Waals surface area contributed by atoms with Gasteiger partial charge in [0.25, 0.3) is 5.69 Å². The monoisotopic (exact) mass is 385 g/mol. The molecule has 6 heteroatoms. The minimum absolute atomic E-state index is 0.0608. The number of para-hydroxylation sites is 2. The molecule has 19 heavy (non-hydrogen) atoms. The zero-order valence-electron chi connectivity index (χ0n) is 9.68. The summed E-state index contributed by atoms with van der Waals surface area (Å²) in [6.07, 6.45) is 0. The molecule has 0 N–H and O–H groups in total. The predicted molar refractivity (Wildman–Crippen MR) is 79.3 cm³/mol. The number of hydrogen-bond acceptors (Lipinski definition) is 3. The van der Waals surface area contributed by atoms with Crippen LogP contribution in [0.2, 0.25) is 0 Å². The Labute approximate surface area is 126 Å². The minimum Gasteiger partial charge on any atom is -0.486 e. The van der Waals surface area contributed by atoms with Crippen LogP contribution >= 0.6 is 31.9 Å². The molecule has 0 saturated heterocycles. The highest BCUT2D eigenvalue weighted by molar-refractivity contribution is 9.11. The van der Waals surface area contributed by atoms with Crippen LogP contribution in [0.15, 0.2) is 51.4 Å². The summed E-state index contributed by atoms with van der Waals surface area (Å²) in [7, 11) is 0. The van der Waals surface area contributed by atoms with Crippen LogP contribution in [-0.4, -0.2) is 4.92 Å². The van der Waals surface area contributed by atoms with Crippen LogP contribution in [0.3, 0.4) is 0 Å². The van der Waals surface area contributed by atoms with E-state index in [1.165, 1.54) is 6.07 Å². The van der Waals surface area contributed by atoms with Crippen molar-refractivity contribution in [2.75, 3.05) is 0 Å². The molecule has 0 atom stereocenters. The van der Waals surface area contributed by atoms with E-state index in [0.29, 0.717) is 11.3 Å². The fourth-order valence-electron chi connectivity index (χ4n) is 1.58. The number of hydrogen-bond donors (Lipinski definition) is 0. The standard InChI is InChI=1S/C13H9Br2NO3/c14-10-5-3-6-11(15)13(10)19-8-9-4-1-2-7-12(9)16(17)18/h1-7H,8H2. The van der Waals surface area contributed by atoms with Crippen molar-refractivity contribution in [2.45, 2.75) is 6.61 Å². The molecule has 0 aromatic heterocycles. The van der Waals surface area contributed by atoms with Crippen LogP contribution in [0.1, 0.15) is 5.56 Å². The van der Waals surface area contributed by atoms with Gasteiger partial charge in [0.15, 0.2) is 0 Å². The summed E-state index contributed by atoms with van der Waals surface area (Å²) in [4.78, 5) is 10.5. The highest BCUT2D eigenvalue weighted by Crippen LogP contribution is 2.34. The van der Waals surface area contributed by atoms with Crippen molar-refractivity contribution in [3.63, 3.8) is 0 Å². The van der Waals surface area contributed by atoms with E-state index >= 15 is 0 Å². The maximum absolute atomic E-state index is 10.9. The summed E-state index contributed by atoms with van der Waals surface area (Å²) in [5.74, 6) is 0.626. The number of ether oxygens (including phenoxy) is 1. The molecule has 2 rings (SSSR count). The van der Waals surface area contributed by atoms with Crippen molar-refractivity contribution in [3.8, 4) is 5.75 Å². The van der Waals surface area contributed by atoms with Crippen LogP contribution in [0.4, 0.5) is 5.69 Å². The van der Waals surface area contributed by atoms with Gasteiger partial charge in [0, 0.05) is 6.07 Å². The topological polar surface area (TPSA) is 52.4 Å². The van der Waals surface area contributed by atoms with Crippen molar-refractivity contribution < 1.29 is 9.66 Å². The number of nitro benzene ring substituents is 1. The third-order valence-electron chi connectivity index (χ3n) is 2.48. The molecular weight excluding hydrogens is 378 g/mol. The summed E-state index contributed by atoms with van der Waals surface area (Å²) in [5.41, 5.74) is 0.598. The first-order valence-corrected chi connectivity index (χ1v) is 6.97. The van der Waals surface area contributed by atoms with Gasteiger partial charge in [-0.2, -0.15) is 0 Å². The Hall–Kier alpha value is -1.40. The fraction of sp³-hybridized carbons (Fsp3) is 0.0769. The molecule has 0 unspecified atom stereocenters. The average Bonchev–Trinajstić information content (AvgIpc) is 2.38. The van der Waals surface area contributed by atoms with E-state index in [9.17, 15) is 10.1 Å². The van der Waals surface area contributed by atoms with Crippen molar-refractivity contribution in [1.82, 2.24) is 0 Å². The van der Waals surface area contributed by atoms with Crippen molar-refractivity contribution in [1.29, 1.82) is 0 Å². The van der Waals surface area contributed by atoms with Crippen molar-refractivity contribution in [3.05, 3.63) is 67.1 Å². The summed E-state index contributed by atoms with van der Waals surface area (Å²) in [6, 6.07) is 12.1. The van der Waals surface area contributed by atoms with Crippen LogP contribution in [-0.2, 0) is 6.61 Å². The van der Waals surface area contributed by atoms with Crippen molar-refractivity contribution >= 4 is 37.5 Å². The predicted octanol–water partition coefficient (Wildman–Crippen LogP) is 4.70. The molecule has 2 aromatic carbocycles. The van der Waals surface area contributed by atoms with Gasteiger partial charge in [-0.1, -0.05) is 18.2 Å². The fourth-order valence-corrected chi connectivity index (χ4v) is 2.81. The Morgan fingerprint density at radius 2 is 1.68 bits per heavy atom. The number of nitro groups is 1. The van der Waals surface area contributed by atoms with Crippen LogP contribution < -0.4 is 4.74 Å². The third kappa shape index (κ3) is 3.33. The second-order valence-corrected chi connectivity index (χ2v) is 5.43. The van der Waals surface area contributed by atoms with Crippen LogP contribution in [0.5, 0.6) is 5.75 Å². The molecule has 0 aliphatic heterocycles. The van der Waals surface area contributed by atoms with Crippen LogP contribution in [0.25, 0.3) is 0 Å².